The molecule has 1 N–H and O–H groups in total. The number of nitrogens with one attached hydrogen (secondary N) is 1. The standard InChI is InChI=1S/C11H20N2O2/c1-8-9(2)15-10(13-8)6-12-7-11(3,4)14-5/h12H,6-7H2,1-5H3. The molecule has 1 aromatic rings. The van der Waals surface area contributed by atoms with E-state index in [1.54, 1.807) is 7.11 Å². The molecule has 4 nitrogen and oxygen atoms in total. The van der Waals surface area contributed by atoms with Gasteiger partial charge in [0.1, 0.15) is 5.76 Å². The summed E-state index contributed by atoms with van der Waals surface area (Å²) in [5.74, 6) is 1.62. The van der Waals surface area contributed by atoms with Crippen LogP contribution in [0.3, 0.4) is 0 Å². The van der Waals surface area contributed by atoms with Crippen molar-refractivity contribution in [3.8, 4) is 0 Å². The fourth-order valence-electron chi connectivity index (χ4n) is 1.16. The highest BCUT2D eigenvalue weighted by Gasteiger charge is 2.15. The van der Waals surface area contributed by atoms with Crippen molar-refractivity contribution < 1.29 is 9.15 Å². The Morgan fingerprint density at radius 1 is 1.40 bits per heavy atom. The van der Waals surface area contributed by atoms with Gasteiger partial charge in [-0.25, -0.2) is 4.98 Å². The zero-order valence-corrected chi connectivity index (χ0v) is 10.2. The predicted molar refractivity (Wildman–Crippen MR) is 58.8 cm³/mol. The Balaban J connectivity index is 2.38. The van der Waals surface area contributed by atoms with Crippen LogP contribution in [0, 0.1) is 13.8 Å². The van der Waals surface area contributed by atoms with E-state index in [0.717, 1.165) is 23.9 Å². The summed E-state index contributed by atoms with van der Waals surface area (Å²) in [6.07, 6.45) is 0. The summed E-state index contributed by atoms with van der Waals surface area (Å²) in [7, 11) is 1.71. The molecule has 0 unspecified atom stereocenters. The van der Waals surface area contributed by atoms with Gasteiger partial charge in [0.15, 0.2) is 0 Å². The quantitative estimate of drug-likeness (QED) is 0.808. The lowest BCUT2D eigenvalue weighted by atomic mass is 10.1. The summed E-state index contributed by atoms with van der Waals surface area (Å²) in [6, 6.07) is 0. The van der Waals surface area contributed by atoms with Gasteiger partial charge in [0.05, 0.1) is 17.8 Å². The van der Waals surface area contributed by atoms with Gasteiger partial charge in [-0.05, 0) is 27.7 Å². The maximum absolute atomic E-state index is 5.45. The maximum atomic E-state index is 5.45. The average molecular weight is 212 g/mol. The third-order valence-corrected chi connectivity index (χ3v) is 2.45. The van der Waals surface area contributed by atoms with E-state index < -0.39 is 0 Å². The summed E-state index contributed by atoms with van der Waals surface area (Å²) < 4.78 is 10.7. The van der Waals surface area contributed by atoms with Crippen LogP contribution in [0.2, 0.25) is 0 Å². The van der Waals surface area contributed by atoms with Gasteiger partial charge in [0.2, 0.25) is 5.89 Å². The number of aromatic nitrogens is 1. The Labute approximate surface area is 91.0 Å². The summed E-state index contributed by atoms with van der Waals surface area (Å²) in [5.41, 5.74) is 0.800. The van der Waals surface area contributed by atoms with Crippen LogP contribution in [-0.4, -0.2) is 24.2 Å². The third kappa shape index (κ3) is 3.64. The van der Waals surface area contributed by atoms with Gasteiger partial charge in [-0.1, -0.05) is 0 Å². The Kier molecular flexibility index (Phi) is 3.88. The number of rotatable bonds is 5. The number of hydrogen-bond acceptors (Lipinski definition) is 4. The molecule has 0 aliphatic rings. The summed E-state index contributed by atoms with van der Waals surface area (Å²) >= 11 is 0. The summed E-state index contributed by atoms with van der Waals surface area (Å²) in [4.78, 5) is 4.29. The first kappa shape index (κ1) is 12.2. The molecule has 1 aromatic heterocycles. The second kappa shape index (κ2) is 4.77. The predicted octanol–water partition coefficient (Wildman–Crippen LogP) is 1.81. The van der Waals surface area contributed by atoms with E-state index in [-0.39, 0.29) is 5.60 Å². The Morgan fingerprint density at radius 2 is 2.07 bits per heavy atom. The van der Waals surface area contributed by atoms with E-state index in [9.17, 15) is 0 Å². The Hall–Kier alpha value is -0.870. The lowest BCUT2D eigenvalue weighted by molar-refractivity contribution is 0.0227. The molecular weight excluding hydrogens is 192 g/mol. The Bertz CT molecular complexity index is 299. The van der Waals surface area contributed by atoms with E-state index in [4.69, 9.17) is 9.15 Å². The molecule has 0 saturated carbocycles. The van der Waals surface area contributed by atoms with E-state index in [1.807, 2.05) is 27.7 Å². The van der Waals surface area contributed by atoms with Crippen LogP contribution in [0.15, 0.2) is 4.42 Å². The maximum Gasteiger partial charge on any atom is 0.208 e. The monoisotopic (exact) mass is 212 g/mol. The number of methoxy groups -OCH3 is 1. The van der Waals surface area contributed by atoms with E-state index in [2.05, 4.69) is 10.3 Å². The highest BCUT2D eigenvalue weighted by Crippen LogP contribution is 2.09. The number of hydrogen-bond donors (Lipinski definition) is 1. The van der Waals surface area contributed by atoms with Gasteiger partial charge in [-0.2, -0.15) is 0 Å². The lowest BCUT2D eigenvalue weighted by Crippen LogP contribution is -2.36. The number of oxazole rings is 1. The molecular formula is C11H20N2O2. The first-order valence-corrected chi connectivity index (χ1v) is 5.13. The average Bonchev–Trinajstić information content (AvgIpc) is 2.46. The molecule has 15 heavy (non-hydrogen) atoms. The zero-order valence-electron chi connectivity index (χ0n) is 10.2. The smallest absolute Gasteiger partial charge is 0.208 e. The minimum absolute atomic E-state index is 0.156. The first-order chi connectivity index (χ1) is 6.94. The molecule has 0 atom stereocenters. The normalized spacial score (nSPS) is 12.1. The van der Waals surface area contributed by atoms with Gasteiger partial charge in [-0.3, -0.25) is 0 Å². The van der Waals surface area contributed by atoms with Crippen molar-refractivity contribution in [1.29, 1.82) is 0 Å². The highest BCUT2D eigenvalue weighted by molar-refractivity contribution is 5.05. The zero-order chi connectivity index (χ0) is 11.5. The molecule has 1 heterocycles. The Morgan fingerprint density at radius 3 is 2.53 bits per heavy atom. The number of ether oxygens (including phenoxy) is 1. The minimum atomic E-state index is -0.156. The highest BCUT2D eigenvalue weighted by atomic mass is 16.5. The second-order valence-electron chi connectivity index (χ2n) is 4.32. The topological polar surface area (TPSA) is 47.3 Å². The molecule has 0 aromatic carbocycles. The van der Waals surface area contributed by atoms with Gasteiger partial charge in [-0.15, -0.1) is 0 Å². The fourth-order valence-corrected chi connectivity index (χ4v) is 1.16. The van der Waals surface area contributed by atoms with Crippen molar-refractivity contribution in [3.63, 3.8) is 0 Å². The van der Waals surface area contributed by atoms with Crippen LogP contribution in [0.4, 0.5) is 0 Å². The summed E-state index contributed by atoms with van der Waals surface area (Å²) in [6.45, 7) is 9.34. The van der Waals surface area contributed by atoms with E-state index >= 15 is 0 Å². The van der Waals surface area contributed by atoms with Crippen LogP contribution in [0.5, 0.6) is 0 Å². The van der Waals surface area contributed by atoms with Crippen LogP contribution in [-0.2, 0) is 11.3 Å². The van der Waals surface area contributed by atoms with Crippen molar-refractivity contribution in [2.24, 2.45) is 0 Å². The van der Waals surface area contributed by atoms with Gasteiger partial charge in [0.25, 0.3) is 0 Å². The molecule has 0 aliphatic carbocycles. The SMILES string of the molecule is COC(C)(C)CNCc1nc(C)c(C)o1. The van der Waals surface area contributed by atoms with Crippen LogP contribution in [0.25, 0.3) is 0 Å². The third-order valence-electron chi connectivity index (χ3n) is 2.45. The summed E-state index contributed by atoms with van der Waals surface area (Å²) in [5, 5.41) is 3.25. The van der Waals surface area contributed by atoms with Crippen LogP contribution >= 0.6 is 0 Å². The molecule has 86 valence electrons. The molecule has 0 spiro atoms. The molecule has 0 bridgehead atoms. The molecule has 1 rings (SSSR count). The second-order valence-corrected chi connectivity index (χ2v) is 4.32. The van der Waals surface area contributed by atoms with Gasteiger partial charge < -0.3 is 14.5 Å². The fraction of sp³-hybridized carbons (Fsp3) is 0.727. The van der Waals surface area contributed by atoms with E-state index in [1.165, 1.54) is 0 Å². The van der Waals surface area contributed by atoms with Crippen LogP contribution < -0.4 is 5.32 Å². The largest absolute Gasteiger partial charge is 0.444 e. The molecule has 0 amide bonds. The van der Waals surface area contributed by atoms with Crippen molar-refractivity contribution in [2.45, 2.75) is 39.8 Å². The number of nitrogens with zero attached hydrogens (tertiary/aromatic N) is 1. The van der Waals surface area contributed by atoms with Crippen molar-refractivity contribution in [3.05, 3.63) is 17.3 Å². The van der Waals surface area contributed by atoms with Crippen molar-refractivity contribution in [2.75, 3.05) is 13.7 Å². The van der Waals surface area contributed by atoms with Crippen molar-refractivity contribution >= 4 is 0 Å². The molecule has 0 saturated heterocycles. The molecule has 0 aliphatic heterocycles. The van der Waals surface area contributed by atoms with Crippen LogP contribution in [0.1, 0.15) is 31.2 Å². The molecule has 4 heteroatoms. The van der Waals surface area contributed by atoms with Gasteiger partial charge in [0, 0.05) is 13.7 Å². The lowest BCUT2D eigenvalue weighted by Gasteiger charge is -2.22. The van der Waals surface area contributed by atoms with Gasteiger partial charge >= 0.3 is 0 Å². The number of aryl methyl sites for hydroxylation is 2. The molecule has 0 fully saturated rings. The first-order valence-electron chi connectivity index (χ1n) is 5.13. The van der Waals surface area contributed by atoms with E-state index in [0.29, 0.717) is 6.54 Å². The minimum Gasteiger partial charge on any atom is -0.444 e. The molecule has 0 radical (unpaired) electrons. The van der Waals surface area contributed by atoms with Crippen molar-refractivity contribution in [1.82, 2.24) is 10.3 Å².